The van der Waals surface area contributed by atoms with Gasteiger partial charge >= 0.3 is 102 Å². The molecule has 0 N–H and O–H groups in total. The molecule has 0 rings (SSSR count). The van der Waals surface area contributed by atoms with Gasteiger partial charge in [-0.2, -0.15) is 0 Å². The summed E-state index contributed by atoms with van der Waals surface area (Å²) in [6.07, 6.45) is 0. The first-order valence-electron chi connectivity index (χ1n) is 0. The van der Waals surface area contributed by atoms with Crippen LogP contribution in [0.4, 0.5) is 0 Å². The molecule has 28 valence electrons. The van der Waals surface area contributed by atoms with Gasteiger partial charge in [0, 0.05) is 0 Å². The Morgan fingerprint density at radius 3 is 0.400 bits per heavy atom. The smallest absolute Gasteiger partial charge is 4.00 e. The Kier molecular flexibility index (Phi) is 222. The van der Waals surface area contributed by atoms with Gasteiger partial charge in [0.15, 0.2) is 0 Å². The Morgan fingerprint density at radius 2 is 0.400 bits per heavy atom. The van der Waals surface area contributed by atoms with E-state index in [0.29, 0.717) is 0 Å². The number of rotatable bonds is 0. The molecule has 0 aliphatic carbocycles. The summed E-state index contributed by atoms with van der Waals surface area (Å²) in [5, 5.41) is 0. The van der Waals surface area contributed by atoms with Gasteiger partial charge < -0.3 is 0 Å². The van der Waals surface area contributed by atoms with Crippen molar-refractivity contribution in [1.29, 1.82) is 0 Å². The van der Waals surface area contributed by atoms with E-state index in [1.165, 1.54) is 0 Å². The average Bonchev–Trinajstić information content (AvgIpc) is 0. The van der Waals surface area contributed by atoms with Gasteiger partial charge in [-0.15, -0.1) is 0 Å². The van der Waals surface area contributed by atoms with Crippen molar-refractivity contribution in [3.8, 4) is 0 Å². The zero-order valence-electron chi connectivity index (χ0n) is 3.33. The third-order valence-corrected chi connectivity index (χ3v) is 0. The largest absolute Gasteiger partial charge is 4.00 e. The molecule has 4 radical (unpaired) electrons. The topological polar surface area (TPSA) is 0 Å². The van der Waals surface area contributed by atoms with Gasteiger partial charge in [-0.3, -0.25) is 0 Å². The number of hydrogen-bond acceptors (Lipinski definition) is 0. The Balaban J connectivity index is 0. The van der Waals surface area contributed by atoms with Gasteiger partial charge in [-0.05, 0) is 0 Å². The van der Waals surface area contributed by atoms with Crippen LogP contribution in [-0.4, -0.2) is 70.4 Å². The van der Waals surface area contributed by atoms with Crippen LogP contribution in [-0.2, 0) is 0 Å². The first kappa shape index (κ1) is 41.3. The van der Waals surface area contributed by atoms with Crippen LogP contribution in [0, 0.1) is 31.1 Å². The second-order valence-electron chi connectivity index (χ2n) is 0. The monoisotopic (exact) mass is 542 g/mol. The van der Waals surface area contributed by atoms with E-state index in [-0.39, 0.29) is 102 Å². The summed E-state index contributed by atoms with van der Waals surface area (Å²) in [6, 6.07) is 0. The molecule has 0 aliphatic heterocycles. The molecule has 5 heavy (non-hydrogen) atoms. The first-order valence-corrected chi connectivity index (χ1v) is 0. The van der Waals surface area contributed by atoms with Crippen LogP contribution in [0.2, 0.25) is 0 Å². The van der Waals surface area contributed by atoms with E-state index in [4.69, 9.17) is 0 Å². The Labute approximate surface area is 99.6 Å². The second-order valence-corrected chi connectivity index (χ2v) is 0. The molecule has 0 aromatic rings. The fourth-order valence-electron chi connectivity index (χ4n) is 0. The Morgan fingerprint density at radius 1 is 0.400 bits per heavy atom. The maximum atomic E-state index is 0. The van der Waals surface area contributed by atoms with E-state index >= 15 is 0 Å². The van der Waals surface area contributed by atoms with Crippen molar-refractivity contribution in [1.82, 2.24) is 0 Å². The van der Waals surface area contributed by atoms with Crippen LogP contribution in [0.1, 0.15) is 0 Å². The maximum absolute atomic E-state index is 0. The molecule has 0 heterocycles. The minimum atomic E-state index is 0. The summed E-state index contributed by atoms with van der Waals surface area (Å²) in [4.78, 5) is 0. The zero-order chi connectivity index (χ0) is 0. The Hall–Kier alpha value is 3.22. The van der Waals surface area contributed by atoms with Gasteiger partial charge in [0.25, 0.3) is 0 Å². The maximum Gasteiger partial charge on any atom is 4.00 e. The molecule has 5 heteroatoms. The summed E-state index contributed by atoms with van der Waals surface area (Å²) >= 11 is 0. The zero-order valence-corrected chi connectivity index (χ0v) is 19.4. The molecule has 0 atom stereocenters. The van der Waals surface area contributed by atoms with Crippen molar-refractivity contribution >= 4 is 70.4 Å². The molecule has 0 fully saturated rings. The van der Waals surface area contributed by atoms with Crippen LogP contribution in [0.3, 0.4) is 0 Å². The van der Waals surface area contributed by atoms with Crippen molar-refractivity contribution < 1.29 is 31.1 Å². The fraction of sp³-hybridized carbons (Fsp3) is 0. The van der Waals surface area contributed by atoms with Crippen LogP contribution in [0.15, 0.2) is 0 Å². The Bertz CT molecular complexity index is 3.61. The quantitative estimate of drug-likeness (QED) is 0.280. The van der Waals surface area contributed by atoms with Crippen LogP contribution in [0.5, 0.6) is 0 Å². The van der Waals surface area contributed by atoms with Gasteiger partial charge in [0.1, 0.15) is 0 Å². The van der Waals surface area contributed by atoms with E-state index in [1.54, 1.807) is 0 Å². The molecule has 0 saturated carbocycles. The number of hydrogen-bond donors (Lipinski definition) is 0. The standard InChI is InChI=1S/4GeH2.U/h4*1H2;/q4*-1;+4. The van der Waals surface area contributed by atoms with Crippen LogP contribution in [0.25, 0.3) is 0 Å². The molecule has 0 unspecified atom stereocenters. The van der Waals surface area contributed by atoms with E-state index < -0.39 is 0 Å². The molecular weight excluding hydrogens is 528 g/mol. The molecule has 0 spiro atoms. The SMILES string of the molecule is [GeH2-].[GeH2-].[GeH2-].[GeH2-].[U+4]. The van der Waals surface area contributed by atoms with Gasteiger partial charge in [0.05, 0.1) is 0 Å². The summed E-state index contributed by atoms with van der Waals surface area (Å²) in [6.45, 7) is 0. The molecule has 0 nitrogen and oxygen atoms in total. The molecule has 0 saturated heterocycles. The normalized spacial score (nSPS) is 0. The average molecular weight is 537 g/mol. The molecule has 0 amide bonds. The summed E-state index contributed by atoms with van der Waals surface area (Å²) in [5.74, 6) is 0. The van der Waals surface area contributed by atoms with Crippen LogP contribution < -0.4 is 0 Å². The molecule has 0 aliphatic rings. The summed E-state index contributed by atoms with van der Waals surface area (Å²) in [7, 11) is 0. The predicted octanol–water partition coefficient (Wildman–Crippen LogP) is -3.66. The van der Waals surface area contributed by atoms with E-state index in [9.17, 15) is 0 Å². The van der Waals surface area contributed by atoms with Gasteiger partial charge in [-0.1, -0.05) is 0 Å². The van der Waals surface area contributed by atoms with Gasteiger partial charge in [-0.25, -0.2) is 0 Å². The van der Waals surface area contributed by atoms with Crippen molar-refractivity contribution in [2.45, 2.75) is 0 Å². The molecule has 0 aromatic heterocycles. The fourth-order valence-corrected chi connectivity index (χ4v) is 0. The third kappa shape index (κ3) is 19.0. The van der Waals surface area contributed by atoms with E-state index in [1.807, 2.05) is 0 Å². The second kappa shape index (κ2) is 26.9. The first-order chi connectivity index (χ1) is 0. The molecular formula is H8Ge4U. The summed E-state index contributed by atoms with van der Waals surface area (Å²) in [5.41, 5.74) is 0. The predicted molar refractivity (Wildman–Crippen MR) is 34.2 cm³/mol. The van der Waals surface area contributed by atoms with Crippen molar-refractivity contribution in [2.24, 2.45) is 0 Å². The van der Waals surface area contributed by atoms with Crippen molar-refractivity contribution in [2.75, 3.05) is 0 Å². The molecule has 0 aromatic carbocycles. The van der Waals surface area contributed by atoms with E-state index in [0.717, 1.165) is 0 Å². The summed E-state index contributed by atoms with van der Waals surface area (Å²) < 4.78 is 0. The van der Waals surface area contributed by atoms with Crippen molar-refractivity contribution in [3.05, 3.63) is 0 Å². The minimum Gasteiger partial charge on any atom is 4.00 e. The van der Waals surface area contributed by atoms with E-state index in [2.05, 4.69) is 0 Å². The third-order valence-electron chi connectivity index (χ3n) is 0. The van der Waals surface area contributed by atoms with Gasteiger partial charge in [0.2, 0.25) is 0 Å². The minimum absolute atomic E-state index is 0. The van der Waals surface area contributed by atoms with Crippen LogP contribution >= 0.6 is 0 Å². The molecule has 0 bridgehead atoms. The van der Waals surface area contributed by atoms with Crippen molar-refractivity contribution in [3.63, 3.8) is 0 Å².